The van der Waals surface area contributed by atoms with E-state index in [1.165, 1.54) is 5.56 Å². The van der Waals surface area contributed by atoms with E-state index in [-0.39, 0.29) is 11.9 Å². The molecule has 0 spiro atoms. The van der Waals surface area contributed by atoms with E-state index in [0.717, 1.165) is 26.2 Å². The third-order valence-corrected chi connectivity index (χ3v) is 4.69. The highest BCUT2D eigenvalue weighted by Gasteiger charge is 2.27. The lowest BCUT2D eigenvalue weighted by atomic mass is 10.1. The van der Waals surface area contributed by atoms with E-state index in [2.05, 4.69) is 28.0 Å². The summed E-state index contributed by atoms with van der Waals surface area (Å²) in [7, 11) is 0. The molecule has 1 fully saturated rings. The van der Waals surface area contributed by atoms with Crippen molar-refractivity contribution in [2.75, 3.05) is 26.2 Å². The summed E-state index contributed by atoms with van der Waals surface area (Å²) < 4.78 is 1.80. The van der Waals surface area contributed by atoms with E-state index < -0.39 is 0 Å². The number of carbonyl (C=O) groups is 1. The van der Waals surface area contributed by atoms with Crippen LogP contribution in [0.5, 0.6) is 0 Å². The van der Waals surface area contributed by atoms with Crippen molar-refractivity contribution in [3.8, 4) is 0 Å². The van der Waals surface area contributed by atoms with Gasteiger partial charge in [0.1, 0.15) is 5.69 Å². The van der Waals surface area contributed by atoms with Gasteiger partial charge >= 0.3 is 0 Å². The van der Waals surface area contributed by atoms with Crippen molar-refractivity contribution in [2.24, 2.45) is 0 Å². The number of rotatable bonds is 4. The second-order valence-electron chi connectivity index (χ2n) is 6.55. The minimum Gasteiger partial charge on any atom is -0.335 e. The quantitative estimate of drug-likeness (QED) is 0.865. The number of amides is 1. The molecule has 0 radical (unpaired) electrons. The summed E-state index contributed by atoms with van der Waals surface area (Å²) in [5, 5.41) is 4.27. The van der Waals surface area contributed by atoms with Crippen LogP contribution in [-0.2, 0) is 0 Å². The summed E-state index contributed by atoms with van der Waals surface area (Å²) in [4.78, 5) is 21.3. The Labute approximate surface area is 143 Å². The van der Waals surface area contributed by atoms with E-state index in [1.807, 2.05) is 37.1 Å². The van der Waals surface area contributed by atoms with Crippen molar-refractivity contribution >= 4 is 5.91 Å². The Kier molecular flexibility index (Phi) is 4.94. The van der Waals surface area contributed by atoms with E-state index in [0.29, 0.717) is 11.7 Å². The van der Waals surface area contributed by atoms with Crippen molar-refractivity contribution < 1.29 is 4.79 Å². The monoisotopic (exact) mass is 327 g/mol. The molecule has 2 aromatic heterocycles. The highest BCUT2D eigenvalue weighted by molar-refractivity contribution is 5.92. The molecule has 128 valence electrons. The summed E-state index contributed by atoms with van der Waals surface area (Å²) >= 11 is 0. The fourth-order valence-electron chi connectivity index (χ4n) is 3.20. The standard InChI is InChI=1S/C18H25N5O/c1-14(2)23-17(6-8-20-23)18(24)22-11-9-21(10-12-22)15(3)16-5-4-7-19-13-16/h4-8,13-15H,9-12H2,1-3H3. The minimum absolute atomic E-state index is 0.0786. The van der Waals surface area contributed by atoms with E-state index >= 15 is 0 Å². The first-order valence-electron chi connectivity index (χ1n) is 8.54. The molecule has 1 saturated heterocycles. The van der Waals surface area contributed by atoms with Crippen LogP contribution in [0.3, 0.4) is 0 Å². The van der Waals surface area contributed by atoms with Crippen molar-refractivity contribution in [2.45, 2.75) is 32.9 Å². The van der Waals surface area contributed by atoms with E-state index in [1.54, 1.807) is 17.1 Å². The molecule has 1 unspecified atom stereocenters. The Morgan fingerprint density at radius 1 is 1.08 bits per heavy atom. The maximum Gasteiger partial charge on any atom is 0.272 e. The van der Waals surface area contributed by atoms with Gasteiger partial charge in [0.05, 0.1) is 0 Å². The number of hydrogen-bond donors (Lipinski definition) is 0. The van der Waals surface area contributed by atoms with Gasteiger partial charge in [0.15, 0.2) is 0 Å². The number of pyridine rings is 1. The van der Waals surface area contributed by atoms with Crippen LogP contribution in [0.1, 0.15) is 48.9 Å². The molecule has 0 aromatic carbocycles. The Balaban J connectivity index is 1.63. The van der Waals surface area contributed by atoms with E-state index in [9.17, 15) is 4.79 Å². The molecule has 1 aliphatic heterocycles. The number of carbonyl (C=O) groups excluding carboxylic acids is 1. The normalized spacial score (nSPS) is 17.2. The molecule has 6 heteroatoms. The Morgan fingerprint density at radius 2 is 1.83 bits per heavy atom. The van der Waals surface area contributed by atoms with E-state index in [4.69, 9.17) is 0 Å². The molecule has 3 rings (SSSR count). The zero-order valence-corrected chi connectivity index (χ0v) is 14.6. The van der Waals surface area contributed by atoms with Gasteiger partial charge < -0.3 is 4.90 Å². The molecular weight excluding hydrogens is 302 g/mol. The van der Waals surface area contributed by atoms with Gasteiger partial charge in [0.25, 0.3) is 5.91 Å². The molecule has 2 aromatic rings. The van der Waals surface area contributed by atoms with Crippen LogP contribution in [0.2, 0.25) is 0 Å². The van der Waals surface area contributed by atoms with Crippen LogP contribution >= 0.6 is 0 Å². The average Bonchev–Trinajstić information content (AvgIpc) is 3.11. The van der Waals surface area contributed by atoms with Gasteiger partial charge in [-0.15, -0.1) is 0 Å². The fraction of sp³-hybridized carbons (Fsp3) is 0.500. The zero-order chi connectivity index (χ0) is 17.1. The lowest BCUT2D eigenvalue weighted by Crippen LogP contribution is -2.49. The van der Waals surface area contributed by atoms with Gasteiger partial charge in [-0.3, -0.25) is 19.4 Å². The van der Waals surface area contributed by atoms with Gasteiger partial charge in [-0.25, -0.2) is 0 Å². The first kappa shape index (κ1) is 16.6. The zero-order valence-electron chi connectivity index (χ0n) is 14.6. The van der Waals surface area contributed by atoms with Gasteiger partial charge in [-0.2, -0.15) is 5.10 Å². The van der Waals surface area contributed by atoms with Gasteiger partial charge in [0.2, 0.25) is 0 Å². The predicted molar refractivity (Wildman–Crippen MR) is 92.7 cm³/mol. The highest BCUT2D eigenvalue weighted by Crippen LogP contribution is 2.21. The van der Waals surface area contributed by atoms with Crippen LogP contribution in [0.15, 0.2) is 36.8 Å². The Bertz CT molecular complexity index is 674. The Morgan fingerprint density at radius 3 is 2.46 bits per heavy atom. The average molecular weight is 327 g/mol. The minimum atomic E-state index is 0.0786. The molecule has 0 aliphatic carbocycles. The maximum atomic E-state index is 12.8. The smallest absolute Gasteiger partial charge is 0.272 e. The van der Waals surface area contributed by atoms with Crippen LogP contribution in [0.4, 0.5) is 0 Å². The topological polar surface area (TPSA) is 54.3 Å². The van der Waals surface area contributed by atoms with Crippen molar-refractivity contribution in [1.29, 1.82) is 0 Å². The van der Waals surface area contributed by atoms with Crippen molar-refractivity contribution in [1.82, 2.24) is 24.6 Å². The van der Waals surface area contributed by atoms with Crippen LogP contribution in [0, 0.1) is 0 Å². The third-order valence-electron chi connectivity index (χ3n) is 4.69. The Hall–Kier alpha value is -2.21. The molecule has 24 heavy (non-hydrogen) atoms. The number of nitrogens with zero attached hydrogens (tertiary/aromatic N) is 5. The predicted octanol–water partition coefficient (Wildman–Crippen LogP) is 2.38. The molecule has 1 aliphatic rings. The maximum absolute atomic E-state index is 12.8. The van der Waals surface area contributed by atoms with Gasteiger partial charge in [-0.05, 0) is 38.5 Å². The fourth-order valence-corrected chi connectivity index (χ4v) is 3.20. The summed E-state index contributed by atoms with van der Waals surface area (Å²) in [6.07, 6.45) is 5.42. The van der Waals surface area contributed by atoms with Crippen LogP contribution in [0.25, 0.3) is 0 Å². The van der Waals surface area contributed by atoms with Crippen molar-refractivity contribution in [3.05, 3.63) is 48.0 Å². The number of piperazine rings is 1. The summed E-state index contributed by atoms with van der Waals surface area (Å²) in [6.45, 7) is 9.51. The largest absolute Gasteiger partial charge is 0.335 e. The summed E-state index contributed by atoms with van der Waals surface area (Å²) in [6, 6.07) is 6.39. The van der Waals surface area contributed by atoms with Crippen LogP contribution in [-0.4, -0.2) is 56.7 Å². The third kappa shape index (κ3) is 3.33. The van der Waals surface area contributed by atoms with Gasteiger partial charge in [-0.1, -0.05) is 6.07 Å². The molecule has 3 heterocycles. The highest BCUT2D eigenvalue weighted by atomic mass is 16.2. The van der Waals surface area contributed by atoms with Gasteiger partial charge in [0, 0.05) is 56.9 Å². The lowest BCUT2D eigenvalue weighted by Gasteiger charge is -2.38. The molecule has 6 nitrogen and oxygen atoms in total. The molecular formula is C18H25N5O. The molecule has 0 bridgehead atoms. The summed E-state index contributed by atoms with van der Waals surface area (Å²) in [5.74, 6) is 0.0786. The number of hydrogen-bond acceptors (Lipinski definition) is 4. The second-order valence-corrected chi connectivity index (χ2v) is 6.55. The molecule has 1 atom stereocenters. The first-order valence-corrected chi connectivity index (χ1v) is 8.54. The molecule has 1 amide bonds. The summed E-state index contributed by atoms with van der Waals surface area (Å²) in [5.41, 5.74) is 1.90. The van der Waals surface area contributed by atoms with Crippen LogP contribution < -0.4 is 0 Å². The first-order chi connectivity index (χ1) is 11.6. The number of aromatic nitrogens is 3. The molecule has 0 saturated carbocycles. The lowest BCUT2D eigenvalue weighted by molar-refractivity contribution is 0.0568. The SMILES string of the molecule is CC(c1cccnc1)N1CCN(C(=O)c2ccnn2C(C)C)CC1. The van der Waals surface area contributed by atoms with Crippen molar-refractivity contribution in [3.63, 3.8) is 0 Å². The second kappa shape index (κ2) is 7.13. The molecule has 0 N–H and O–H groups in total.